The molecule has 0 amide bonds. The molecular weight excluding hydrogens is 141 g/mol. The van der Waals surface area contributed by atoms with Gasteiger partial charge in [0.25, 0.3) is 0 Å². The summed E-state index contributed by atoms with van der Waals surface area (Å²) in [6.07, 6.45) is -5.13. The molecule has 0 aromatic rings. The Labute approximate surface area is 58.4 Å². The van der Waals surface area contributed by atoms with Crippen molar-refractivity contribution in [1.82, 2.24) is 0 Å². The Hall–Kier alpha value is -0.650. The molecule has 0 fully saturated rings. The lowest BCUT2D eigenvalue weighted by Crippen LogP contribution is -2.04. The molecule has 0 saturated carbocycles. The smallest absolute Gasteiger partial charge is 0.170 e. The third-order valence-electron chi connectivity index (χ3n) is 0.680. The van der Waals surface area contributed by atoms with Crippen molar-refractivity contribution in [2.24, 2.45) is 5.92 Å². The van der Waals surface area contributed by atoms with Crippen LogP contribution < -0.4 is 0 Å². The van der Waals surface area contributed by atoms with Crippen LogP contribution in [0.4, 0.5) is 13.2 Å². The highest BCUT2D eigenvalue weighted by Gasteiger charge is 2.25. The van der Waals surface area contributed by atoms with Crippen LogP contribution in [0.5, 0.6) is 0 Å². The van der Waals surface area contributed by atoms with Gasteiger partial charge in [-0.1, -0.05) is 19.8 Å². The number of rotatable bonds is 0. The normalized spacial score (nSPS) is 11.0. The summed E-state index contributed by atoms with van der Waals surface area (Å²) in [5.41, 5.74) is 0. The van der Waals surface area contributed by atoms with Crippen LogP contribution in [0.3, 0.4) is 0 Å². The van der Waals surface area contributed by atoms with E-state index in [1.165, 1.54) is 0 Å². The third-order valence-corrected chi connectivity index (χ3v) is 0.680. The van der Waals surface area contributed by atoms with Crippen LogP contribution in [-0.4, -0.2) is 6.18 Å². The first-order valence-electron chi connectivity index (χ1n) is 2.97. The van der Waals surface area contributed by atoms with Gasteiger partial charge in [-0.2, -0.15) is 13.2 Å². The van der Waals surface area contributed by atoms with Gasteiger partial charge in [0.1, 0.15) is 6.42 Å². The van der Waals surface area contributed by atoms with Crippen molar-refractivity contribution in [3.63, 3.8) is 0 Å². The summed E-state index contributed by atoms with van der Waals surface area (Å²) in [4.78, 5) is 0. The largest absolute Gasteiger partial charge is 0.399 e. The zero-order valence-corrected chi connectivity index (χ0v) is 5.92. The van der Waals surface area contributed by atoms with E-state index >= 15 is 0 Å². The van der Waals surface area contributed by atoms with Gasteiger partial charge in [-0.15, -0.1) is 5.92 Å². The monoisotopic (exact) mass is 150 g/mol. The highest BCUT2D eigenvalue weighted by Crippen LogP contribution is 2.18. The fraction of sp³-hybridized carbons (Fsp3) is 0.714. The predicted octanol–water partition coefficient (Wildman–Crippen LogP) is 2.60. The first-order chi connectivity index (χ1) is 4.42. The minimum absolute atomic E-state index is 0.0161. The van der Waals surface area contributed by atoms with Gasteiger partial charge in [0.05, 0.1) is 0 Å². The summed E-state index contributed by atoms with van der Waals surface area (Å²) in [6, 6.07) is 0. The summed E-state index contributed by atoms with van der Waals surface area (Å²) < 4.78 is 34.2. The molecule has 0 rings (SSSR count). The topological polar surface area (TPSA) is 0 Å². The van der Waals surface area contributed by atoms with Gasteiger partial charge in [0.15, 0.2) is 0 Å². The number of hydrogen-bond acceptors (Lipinski definition) is 0. The summed E-state index contributed by atoms with van der Waals surface area (Å²) in [5, 5.41) is 0. The van der Waals surface area contributed by atoms with Crippen LogP contribution in [0.25, 0.3) is 0 Å². The lowest BCUT2D eigenvalue weighted by molar-refractivity contribution is -0.123. The summed E-state index contributed by atoms with van der Waals surface area (Å²) in [6.45, 7) is 3.51. The molecular formula is C7H9F3. The fourth-order valence-corrected chi connectivity index (χ4v) is 0.355. The van der Waals surface area contributed by atoms with Crippen LogP contribution in [0, 0.1) is 17.8 Å². The molecule has 0 spiro atoms. The molecule has 10 heavy (non-hydrogen) atoms. The average Bonchev–Trinajstić information content (AvgIpc) is 1.59. The second kappa shape index (κ2) is 3.50. The zero-order valence-electron chi connectivity index (χ0n) is 5.92. The molecule has 58 valence electrons. The van der Waals surface area contributed by atoms with Crippen molar-refractivity contribution >= 4 is 0 Å². The summed E-state index contributed by atoms with van der Waals surface area (Å²) >= 11 is 0. The standard InChI is InChI=1S/C7H9F3/c1-6(2)4-3-5-7(8,9)10/h6H,5H2,1-2H3. The van der Waals surface area contributed by atoms with E-state index in [-0.39, 0.29) is 5.92 Å². The van der Waals surface area contributed by atoms with Crippen molar-refractivity contribution in [3.05, 3.63) is 0 Å². The van der Waals surface area contributed by atoms with E-state index in [0.29, 0.717) is 0 Å². The van der Waals surface area contributed by atoms with Crippen LogP contribution in [0.15, 0.2) is 0 Å². The van der Waals surface area contributed by atoms with Crippen molar-refractivity contribution < 1.29 is 13.2 Å². The van der Waals surface area contributed by atoms with Gasteiger partial charge < -0.3 is 0 Å². The number of alkyl halides is 3. The predicted molar refractivity (Wildman–Crippen MR) is 33.3 cm³/mol. The molecule has 0 radical (unpaired) electrons. The van der Waals surface area contributed by atoms with Gasteiger partial charge >= 0.3 is 6.18 Å². The first-order valence-corrected chi connectivity index (χ1v) is 2.97. The van der Waals surface area contributed by atoms with Crippen molar-refractivity contribution in [1.29, 1.82) is 0 Å². The molecule has 0 nitrogen and oxygen atoms in total. The highest BCUT2D eigenvalue weighted by atomic mass is 19.4. The maximum absolute atomic E-state index is 11.4. The lowest BCUT2D eigenvalue weighted by atomic mass is 10.2. The average molecular weight is 150 g/mol. The number of hydrogen-bond donors (Lipinski definition) is 0. The summed E-state index contributed by atoms with van der Waals surface area (Å²) in [7, 11) is 0. The van der Waals surface area contributed by atoms with Crippen molar-refractivity contribution in [3.8, 4) is 11.8 Å². The fourth-order valence-electron chi connectivity index (χ4n) is 0.355. The molecule has 0 aromatic heterocycles. The Morgan fingerprint density at radius 3 is 2.10 bits per heavy atom. The molecule has 0 unspecified atom stereocenters. The van der Waals surface area contributed by atoms with Crippen LogP contribution >= 0.6 is 0 Å². The molecule has 0 N–H and O–H groups in total. The Morgan fingerprint density at radius 2 is 1.80 bits per heavy atom. The zero-order chi connectivity index (χ0) is 8.20. The Bertz CT molecular complexity index is 144. The van der Waals surface area contributed by atoms with E-state index in [2.05, 4.69) is 5.92 Å². The van der Waals surface area contributed by atoms with E-state index in [1.807, 2.05) is 5.92 Å². The molecule has 0 bridgehead atoms. The van der Waals surface area contributed by atoms with Gasteiger partial charge in [-0.3, -0.25) is 0 Å². The van der Waals surface area contributed by atoms with Crippen LogP contribution in [-0.2, 0) is 0 Å². The molecule has 3 heteroatoms. The third kappa shape index (κ3) is 7.35. The molecule has 0 aromatic carbocycles. The molecule has 0 aliphatic heterocycles. The second-order valence-corrected chi connectivity index (χ2v) is 2.27. The van der Waals surface area contributed by atoms with E-state index in [4.69, 9.17) is 0 Å². The number of halogens is 3. The SMILES string of the molecule is CC(C)C#CCC(F)(F)F. The Kier molecular flexibility index (Phi) is 3.27. The Morgan fingerprint density at radius 1 is 1.30 bits per heavy atom. The van der Waals surface area contributed by atoms with Gasteiger partial charge in [0.2, 0.25) is 0 Å². The molecule has 0 saturated heterocycles. The van der Waals surface area contributed by atoms with Crippen LogP contribution in [0.1, 0.15) is 20.3 Å². The first kappa shape index (κ1) is 9.35. The maximum atomic E-state index is 11.4. The molecule has 0 atom stereocenters. The molecule has 0 aliphatic rings. The van der Waals surface area contributed by atoms with E-state index in [0.717, 1.165) is 0 Å². The van der Waals surface area contributed by atoms with Crippen LogP contribution in [0.2, 0.25) is 0 Å². The van der Waals surface area contributed by atoms with Crippen molar-refractivity contribution in [2.75, 3.05) is 0 Å². The molecule has 0 aliphatic carbocycles. The highest BCUT2D eigenvalue weighted by molar-refractivity contribution is 5.02. The van der Waals surface area contributed by atoms with Crippen molar-refractivity contribution in [2.45, 2.75) is 26.4 Å². The van der Waals surface area contributed by atoms with E-state index in [9.17, 15) is 13.2 Å². The Balaban J connectivity index is 3.67. The summed E-state index contributed by atoms with van der Waals surface area (Å²) in [5.74, 6) is 4.50. The van der Waals surface area contributed by atoms with Gasteiger partial charge in [-0.05, 0) is 0 Å². The van der Waals surface area contributed by atoms with E-state index < -0.39 is 12.6 Å². The minimum atomic E-state index is -4.14. The second-order valence-electron chi connectivity index (χ2n) is 2.27. The minimum Gasteiger partial charge on any atom is -0.170 e. The van der Waals surface area contributed by atoms with Gasteiger partial charge in [-0.25, -0.2) is 0 Å². The van der Waals surface area contributed by atoms with Gasteiger partial charge in [0, 0.05) is 5.92 Å². The van der Waals surface area contributed by atoms with E-state index in [1.54, 1.807) is 13.8 Å². The lowest BCUT2D eigenvalue weighted by Gasteiger charge is -1.97. The molecule has 0 heterocycles. The quantitative estimate of drug-likeness (QED) is 0.465. The maximum Gasteiger partial charge on any atom is 0.399 e.